The van der Waals surface area contributed by atoms with E-state index < -0.39 is 0 Å². The Morgan fingerprint density at radius 3 is 2.91 bits per heavy atom. The molecule has 4 rings (SSSR count). The summed E-state index contributed by atoms with van der Waals surface area (Å²) in [5.74, 6) is 0. The summed E-state index contributed by atoms with van der Waals surface area (Å²) in [4.78, 5) is 14.4. The van der Waals surface area contributed by atoms with E-state index in [1.807, 2.05) is 30.6 Å². The predicted molar refractivity (Wildman–Crippen MR) is 87.1 cm³/mol. The quantitative estimate of drug-likeness (QED) is 0.786. The number of morpholine rings is 1. The lowest BCUT2D eigenvalue weighted by molar-refractivity contribution is 0.123. The summed E-state index contributed by atoms with van der Waals surface area (Å²) in [6.07, 6.45) is 3.72. The average molecular weight is 305 g/mol. The number of anilines is 1. The molecule has 1 aliphatic heterocycles. The molecule has 1 aliphatic rings. The van der Waals surface area contributed by atoms with E-state index >= 15 is 0 Å². The van der Waals surface area contributed by atoms with E-state index in [-0.39, 0.29) is 0 Å². The summed E-state index contributed by atoms with van der Waals surface area (Å²) in [6, 6.07) is 9.59. The molecule has 6 heteroatoms. The Kier molecular flexibility index (Phi) is 3.41. The maximum atomic E-state index is 9.08. The Hall–Kier alpha value is -2.91. The third kappa shape index (κ3) is 2.41. The lowest BCUT2D eigenvalue weighted by Crippen LogP contribution is -2.36. The molecule has 6 nitrogen and oxygen atoms in total. The monoisotopic (exact) mass is 305 g/mol. The molecule has 0 aromatic carbocycles. The van der Waals surface area contributed by atoms with Gasteiger partial charge in [0.05, 0.1) is 30.0 Å². The number of hydrogen-bond donors (Lipinski definition) is 1. The molecule has 23 heavy (non-hydrogen) atoms. The Morgan fingerprint density at radius 1 is 1.22 bits per heavy atom. The molecule has 1 fully saturated rings. The van der Waals surface area contributed by atoms with E-state index in [4.69, 9.17) is 10.00 Å². The molecule has 0 spiro atoms. The molecular weight excluding hydrogens is 290 g/mol. The highest BCUT2D eigenvalue weighted by molar-refractivity contribution is 6.02. The van der Waals surface area contributed by atoms with E-state index in [0.29, 0.717) is 5.69 Å². The Bertz CT molecular complexity index is 889. The molecule has 0 radical (unpaired) electrons. The smallest absolute Gasteiger partial charge is 0.141 e. The Morgan fingerprint density at radius 2 is 2.09 bits per heavy atom. The van der Waals surface area contributed by atoms with Crippen LogP contribution in [0.5, 0.6) is 0 Å². The normalized spacial score (nSPS) is 14.8. The largest absolute Gasteiger partial charge is 0.378 e. The molecule has 0 atom stereocenters. The second-order valence-corrected chi connectivity index (χ2v) is 5.38. The second kappa shape index (κ2) is 5.71. The zero-order valence-electron chi connectivity index (χ0n) is 12.5. The van der Waals surface area contributed by atoms with Crippen molar-refractivity contribution in [1.29, 1.82) is 5.26 Å². The van der Waals surface area contributed by atoms with Gasteiger partial charge in [-0.3, -0.25) is 0 Å². The first-order valence-electron chi connectivity index (χ1n) is 7.53. The summed E-state index contributed by atoms with van der Waals surface area (Å²) >= 11 is 0. The number of nitrogens with zero attached hydrogens (tertiary/aromatic N) is 4. The second-order valence-electron chi connectivity index (χ2n) is 5.38. The number of pyridine rings is 2. The molecule has 0 unspecified atom stereocenters. The van der Waals surface area contributed by atoms with Crippen molar-refractivity contribution in [2.45, 2.75) is 0 Å². The predicted octanol–water partition coefficient (Wildman–Crippen LogP) is 2.33. The molecule has 0 bridgehead atoms. The number of rotatable bonds is 2. The SMILES string of the molecule is N#Cc1cccc(-c2c[nH]c3nccc(N4CCOCC4)c23)n1. The molecular formula is C17H15N5O. The molecule has 0 aliphatic carbocycles. The molecule has 0 amide bonds. The van der Waals surface area contributed by atoms with Crippen molar-refractivity contribution in [1.82, 2.24) is 15.0 Å². The van der Waals surface area contributed by atoms with Crippen LogP contribution in [0.1, 0.15) is 5.69 Å². The first-order chi connectivity index (χ1) is 11.4. The van der Waals surface area contributed by atoms with Crippen LogP contribution < -0.4 is 4.90 Å². The summed E-state index contributed by atoms with van der Waals surface area (Å²) < 4.78 is 5.45. The van der Waals surface area contributed by atoms with Gasteiger partial charge in [0.15, 0.2) is 0 Å². The maximum absolute atomic E-state index is 9.08. The summed E-state index contributed by atoms with van der Waals surface area (Å²) in [6.45, 7) is 3.17. The van der Waals surface area contributed by atoms with Gasteiger partial charge in [0.2, 0.25) is 0 Å². The van der Waals surface area contributed by atoms with Crippen LogP contribution in [-0.2, 0) is 4.74 Å². The highest BCUT2D eigenvalue weighted by atomic mass is 16.5. The van der Waals surface area contributed by atoms with Gasteiger partial charge in [-0.25, -0.2) is 9.97 Å². The van der Waals surface area contributed by atoms with Crippen molar-refractivity contribution in [2.75, 3.05) is 31.2 Å². The van der Waals surface area contributed by atoms with Gasteiger partial charge in [0, 0.05) is 31.0 Å². The topological polar surface area (TPSA) is 77.8 Å². The van der Waals surface area contributed by atoms with E-state index in [1.165, 1.54) is 0 Å². The fraction of sp³-hybridized carbons (Fsp3) is 0.235. The van der Waals surface area contributed by atoms with Gasteiger partial charge in [-0.15, -0.1) is 0 Å². The van der Waals surface area contributed by atoms with Crippen LogP contribution in [0.25, 0.3) is 22.3 Å². The number of aromatic amines is 1. The summed E-state index contributed by atoms with van der Waals surface area (Å²) in [7, 11) is 0. The lowest BCUT2D eigenvalue weighted by atomic mass is 10.1. The number of fused-ring (bicyclic) bond motifs is 1. The maximum Gasteiger partial charge on any atom is 0.141 e. The zero-order valence-corrected chi connectivity index (χ0v) is 12.5. The number of ether oxygens (including phenoxy) is 1. The van der Waals surface area contributed by atoms with Crippen molar-refractivity contribution in [3.63, 3.8) is 0 Å². The number of nitrogens with one attached hydrogen (secondary N) is 1. The number of aromatic nitrogens is 3. The fourth-order valence-electron chi connectivity index (χ4n) is 2.96. The molecule has 114 valence electrons. The van der Waals surface area contributed by atoms with E-state index in [1.54, 1.807) is 6.07 Å². The van der Waals surface area contributed by atoms with Gasteiger partial charge in [0.1, 0.15) is 17.4 Å². The summed E-state index contributed by atoms with van der Waals surface area (Å²) in [5, 5.41) is 10.1. The molecule has 0 saturated carbocycles. The molecule has 3 aromatic heterocycles. The standard InChI is InChI=1S/C17H15N5O/c18-10-12-2-1-3-14(21-12)13-11-20-17-16(13)15(4-5-19-17)22-6-8-23-9-7-22/h1-5,11H,6-9H2,(H,19,20). The van der Waals surface area contributed by atoms with Crippen LogP contribution in [-0.4, -0.2) is 41.3 Å². The zero-order chi connectivity index (χ0) is 15.6. The average Bonchev–Trinajstić information content (AvgIpc) is 3.07. The van der Waals surface area contributed by atoms with Gasteiger partial charge in [-0.1, -0.05) is 6.07 Å². The Balaban J connectivity index is 1.89. The fourth-order valence-corrected chi connectivity index (χ4v) is 2.96. The van der Waals surface area contributed by atoms with Crippen molar-refractivity contribution < 1.29 is 4.74 Å². The van der Waals surface area contributed by atoms with Crippen LogP contribution in [0, 0.1) is 11.3 Å². The van der Waals surface area contributed by atoms with Gasteiger partial charge >= 0.3 is 0 Å². The third-order valence-corrected chi connectivity index (χ3v) is 4.04. The highest BCUT2D eigenvalue weighted by Crippen LogP contribution is 2.34. The van der Waals surface area contributed by atoms with Crippen LogP contribution >= 0.6 is 0 Å². The van der Waals surface area contributed by atoms with Gasteiger partial charge in [-0.05, 0) is 18.2 Å². The molecule has 1 saturated heterocycles. The number of H-pyrrole nitrogens is 1. The number of hydrogen-bond acceptors (Lipinski definition) is 5. The van der Waals surface area contributed by atoms with Crippen LogP contribution in [0.2, 0.25) is 0 Å². The van der Waals surface area contributed by atoms with E-state index in [2.05, 4.69) is 25.9 Å². The van der Waals surface area contributed by atoms with E-state index in [9.17, 15) is 0 Å². The lowest BCUT2D eigenvalue weighted by Gasteiger charge is -2.29. The molecule has 4 heterocycles. The van der Waals surface area contributed by atoms with Gasteiger partial charge in [0.25, 0.3) is 0 Å². The van der Waals surface area contributed by atoms with Crippen molar-refractivity contribution in [3.05, 3.63) is 42.4 Å². The van der Waals surface area contributed by atoms with Crippen molar-refractivity contribution >= 4 is 16.7 Å². The molecule has 1 N–H and O–H groups in total. The van der Waals surface area contributed by atoms with Gasteiger partial charge in [-0.2, -0.15) is 5.26 Å². The highest BCUT2D eigenvalue weighted by Gasteiger charge is 2.18. The minimum absolute atomic E-state index is 0.411. The minimum Gasteiger partial charge on any atom is -0.378 e. The first kappa shape index (κ1) is 13.7. The number of nitriles is 1. The van der Waals surface area contributed by atoms with Crippen LogP contribution in [0.15, 0.2) is 36.7 Å². The van der Waals surface area contributed by atoms with Gasteiger partial charge < -0.3 is 14.6 Å². The molecule has 3 aromatic rings. The van der Waals surface area contributed by atoms with Crippen LogP contribution in [0.3, 0.4) is 0 Å². The van der Waals surface area contributed by atoms with Crippen molar-refractivity contribution in [3.8, 4) is 17.3 Å². The van der Waals surface area contributed by atoms with E-state index in [0.717, 1.165) is 54.3 Å². The van der Waals surface area contributed by atoms with Crippen LogP contribution in [0.4, 0.5) is 5.69 Å². The Labute approximate surface area is 133 Å². The van der Waals surface area contributed by atoms with Crippen molar-refractivity contribution in [2.24, 2.45) is 0 Å². The first-order valence-corrected chi connectivity index (χ1v) is 7.53. The third-order valence-electron chi connectivity index (χ3n) is 4.04. The summed E-state index contributed by atoms with van der Waals surface area (Å²) in [5.41, 5.74) is 4.10. The minimum atomic E-state index is 0.411.